The van der Waals surface area contributed by atoms with E-state index in [0.717, 1.165) is 15.9 Å². The molecule has 92 valence electrons. The number of nitrogens with zero attached hydrogens (tertiary/aromatic N) is 1. The molecule has 0 aliphatic carbocycles. The molecule has 0 fully saturated rings. The normalized spacial score (nSPS) is 10.4. The first-order chi connectivity index (χ1) is 8.50. The highest BCUT2D eigenvalue weighted by molar-refractivity contribution is 7.16. The summed E-state index contributed by atoms with van der Waals surface area (Å²) in [5.41, 5.74) is -0.687. The van der Waals surface area contributed by atoms with Gasteiger partial charge in [-0.15, -0.1) is 0 Å². The molecule has 6 heteroatoms. The van der Waals surface area contributed by atoms with Crippen LogP contribution >= 0.6 is 11.3 Å². The van der Waals surface area contributed by atoms with E-state index in [-0.39, 0.29) is 12.1 Å². The van der Waals surface area contributed by atoms with E-state index in [1.807, 2.05) is 0 Å². The lowest BCUT2D eigenvalue weighted by Crippen LogP contribution is -2.32. The van der Waals surface area contributed by atoms with E-state index in [1.54, 1.807) is 24.3 Å². The molecule has 2 rings (SSSR count). The van der Waals surface area contributed by atoms with Gasteiger partial charge in [-0.3, -0.25) is 14.2 Å². The molecule has 0 aliphatic rings. The van der Waals surface area contributed by atoms with Crippen LogP contribution in [0.3, 0.4) is 0 Å². The van der Waals surface area contributed by atoms with Crippen molar-refractivity contribution in [2.45, 2.75) is 6.54 Å². The van der Waals surface area contributed by atoms with Gasteiger partial charge < -0.3 is 5.11 Å². The predicted octanol–water partition coefficient (Wildman–Crippen LogP) is 1.06. The van der Waals surface area contributed by atoms with Gasteiger partial charge in [-0.05, 0) is 12.1 Å². The molecule has 1 aromatic carbocycles. The Kier molecular flexibility index (Phi) is 3.12. The second-order valence-corrected chi connectivity index (χ2v) is 4.66. The van der Waals surface area contributed by atoms with E-state index in [9.17, 15) is 14.4 Å². The molecule has 1 aromatic heterocycles. The molecule has 18 heavy (non-hydrogen) atoms. The van der Waals surface area contributed by atoms with E-state index < -0.39 is 16.4 Å². The lowest BCUT2D eigenvalue weighted by Gasteiger charge is -2.04. The number of carboxylic acids is 1. The molecule has 0 unspecified atom stereocenters. The lowest BCUT2D eigenvalue weighted by molar-refractivity contribution is -0.132. The first-order valence-electron chi connectivity index (χ1n) is 5.04. The molecule has 0 aliphatic heterocycles. The van der Waals surface area contributed by atoms with Crippen molar-refractivity contribution in [3.05, 3.63) is 56.4 Å². The maximum absolute atomic E-state index is 12.0. The summed E-state index contributed by atoms with van der Waals surface area (Å²) in [6.07, 6.45) is 0. The highest BCUT2D eigenvalue weighted by Crippen LogP contribution is 2.11. The molecule has 0 saturated heterocycles. The average molecular weight is 263 g/mol. The summed E-state index contributed by atoms with van der Waals surface area (Å²) < 4.78 is 1.48. The highest BCUT2D eigenvalue weighted by Gasteiger charge is 2.11. The van der Waals surface area contributed by atoms with Gasteiger partial charge in [0.05, 0.1) is 11.9 Å². The summed E-state index contributed by atoms with van der Waals surface area (Å²) in [5, 5.41) is 9.13. The molecule has 2 aromatic rings. The zero-order valence-electron chi connectivity index (χ0n) is 9.25. The van der Waals surface area contributed by atoms with Crippen molar-refractivity contribution in [3.63, 3.8) is 0 Å². The zero-order valence-corrected chi connectivity index (χ0v) is 10.1. The van der Waals surface area contributed by atoms with Crippen molar-refractivity contribution in [2.75, 3.05) is 0 Å². The second-order valence-electron chi connectivity index (χ2n) is 3.66. The smallest absolute Gasteiger partial charge is 0.332 e. The molecular formula is C12H9NO4S. The van der Waals surface area contributed by atoms with E-state index in [1.165, 1.54) is 0 Å². The van der Waals surface area contributed by atoms with E-state index >= 15 is 0 Å². The van der Waals surface area contributed by atoms with Crippen LogP contribution in [0.15, 0.2) is 46.0 Å². The number of carbonyl (C=O) groups is 1. The minimum absolute atomic E-state index is 0.198. The van der Waals surface area contributed by atoms with Crippen molar-refractivity contribution in [2.24, 2.45) is 0 Å². The third-order valence-corrected chi connectivity index (χ3v) is 3.40. The number of fused-ring (bicyclic) bond motifs is 1. The zero-order chi connectivity index (χ0) is 13.3. The Bertz CT molecular complexity index is 756. The topological polar surface area (TPSA) is 76.4 Å². The summed E-state index contributed by atoms with van der Waals surface area (Å²) in [7, 11) is 0. The standard InChI is InChI=1S/C12H9NO4S/c1-7(11(15)16)6-13-10(14)8-4-2-3-5-9(8)18-12(13)17/h2-5H,1,6H2,(H,15,16). The Balaban J connectivity index is 2.65. The SMILES string of the molecule is C=C(Cn1c(=O)sc2ccccc2c1=O)C(=O)O. The van der Waals surface area contributed by atoms with Crippen LogP contribution in [0.5, 0.6) is 0 Å². The molecule has 0 bridgehead atoms. The Morgan fingerprint density at radius 3 is 2.67 bits per heavy atom. The predicted molar refractivity (Wildman–Crippen MR) is 69.1 cm³/mol. The number of rotatable bonds is 3. The van der Waals surface area contributed by atoms with Crippen LogP contribution in [-0.4, -0.2) is 15.6 Å². The fourth-order valence-corrected chi connectivity index (χ4v) is 2.36. The fraction of sp³-hybridized carbons (Fsp3) is 0.0833. The molecule has 0 radical (unpaired) electrons. The van der Waals surface area contributed by atoms with Gasteiger partial charge in [-0.25, -0.2) is 4.79 Å². The van der Waals surface area contributed by atoms with Crippen LogP contribution in [-0.2, 0) is 11.3 Å². The summed E-state index contributed by atoms with van der Waals surface area (Å²) in [5.74, 6) is -1.22. The molecule has 0 amide bonds. The van der Waals surface area contributed by atoms with Gasteiger partial charge in [0.1, 0.15) is 0 Å². The van der Waals surface area contributed by atoms with Gasteiger partial charge in [0, 0.05) is 10.3 Å². The van der Waals surface area contributed by atoms with Gasteiger partial charge in [0.25, 0.3) is 5.56 Å². The monoisotopic (exact) mass is 263 g/mol. The van der Waals surface area contributed by atoms with Gasteiger partial charge in [0.2, 0.25) is 0 Å². The number of hydrogen-bond acceptors (Lipinski definition) is 4. The molecule has 1 N–H and O–H groups in total. The Morgan fingerprint density at radius 1 is 1.33 bits per heavy atom. The van der Waals surface area contributed by atoms with E-state index in [2.05, 4.69) is 6.58 Å². The van der Waals surface area contributed by atoms with Crippen molar-refractivity contribution in [3.8, 4) is 0 Å². The van der Waals surface area contributed by atoms with Crippen LogP contribution in [0, 0.1) is 0 Å². The number of hydrogen-bond donors (Lipinski definition) is 1. The average Bonchev–Trinajstić information content (AvgIpc) is 2.34. The van der Waals surface area contributed by atoms with Crippen LogP contribution in [0.25, 0.3) is 10.1 Å². The van der Waals surface area contributed by atoms with Crippen LogP contribution < -0.4 is 10.4 Å². The van der Waals surface area contributed by atoms with Crippen molar-refractivity contribution in [1.29, 1.82) is 0 Å². The van der Waals surface area contributed by atoms with Gasteiger partial charge in [-0.1, -0.05) is 30.0 Å². The van der Waals surface area contributed by atoms with Gasteiger partial charge in [0.15, 0.2) is 0 Å². The molecule has 5 nitrogen and oxygen atoms in total. The number of carboxylic acid groups (broad SMARTS) is 1. The first kappa shape index (κ1) is 12.3. The lowest BCUT2D eigenvalue weighted by atomic mass is 10.2. The molecule has 0 atom stereocenters. The summed E-state index contributed by atoms with van der Waals surface area (Å²) in [6, 6.07) is 6.71. The maximum Gasteiger partial charge on any atom is 0.332 e. The number of aliphatic carboxylic acids is 1. The molecule has 0 saturated carbocycles. The van der Waals surface area contributed by atoms with E-state index in [4.69, 9.17) is 5.11 Å². The number of aromatic nitrogens is 1. The maximum atomic E-state index is 12.0. The Morgan fingerprint density at radius 2 is 2.00 bits per heavy atom. The Labute approximate surface area is 105 Å². The Hall–Kier alpha value is -2.21. The molecule has 0 spiro atoms. The fourth-order valence-electron chi connectivity index (χ4n) is 1.50. The molecule has 1 heterocycles. The summed E-state index contributed by atoms with van der Waals surface area (Å²) in [4.78, 5) is 34.0. The number of benzene rings is 1. The van der Waals surface area contributed by atoms with Crippen molar-refractivity contribution < 1.29 is 9.90 Å². The van der Waals surface area contributed by atoms with E-state index in [0.29, 0.717) is 10.1 Å². The minimum atomic E-state index is -1.22. The van der Waals surface area contributed by atoms with Crippen molar-refractivity contribution >= 4 is 27.4 Å². The summed E-state index contributed by atoms with van der Waals surface area (Å²) >= 11 is 0.910. The first-order valence-corrected chi connectivity index (χ1v) is 5.86. The van der Waals surface area contributed by atoms with Crippen LogP contribution in [0.2, 0.25) is 0 Å². The van der Waals surface area contributed by atoms with Crippen molar-refractivity contribution in [1.82, 2.24) is 4.57 Å². The second kappa shape index (κ2) is 4.58. The third-order valence-electron chi connectivity index (χ3n) is 2.43. The highest BCUT2D eigenvalue weighted by atomic mass is 32.1. The van der Waals surface area contributed by atoms with Crippen LogP contribution in [0.1, 0.15) is 0 Å². The quantitative estimate of drug-likeness (QED) is 0.840. The van der Waals surface area contributed by atoms with Crippen LogP contribution in [0.4, 0.5) is 0 Å². The van der Waals surface area contributed by atoms with Gasteiger partial charge in [-0.2, -0.15) is 0 Å². The molecular weight excluding hydrogens is 254 g/mol. The largest absolute Gasteiger partial charge is 0.478 e. The third kappa shape index (κ3) is 2.10. The summed E-state index contributed by atoms with van der Waals surface area (Å²) in [6.45, 7) is 3.02. The van der Waals surface area contributed by atoms with Gasteiger partial charge >= 0.3 is 10.8 Å². The minimum Gasteiger partial charge on any atom is -0.478 e.